The van der Waals surface area contributed by atoms with Crippen molar-refractivity contribution in [2.24, 2.45) is 5.92 Å². The monoisotopic (exact) mass is 453 g/mol. The van der Waals surface area contributed by atoms with Crippen molar-refractivity contribution in [3.63, 3.8) is 0 Å². The normalized spacial score (nSPS) is 24.7. The van der Waals surface area contributed by atoms with E-state index in [1.165, 1.54) is 5.56 Å². The number of anilines is 1. The zero-order valence-corrected chi connectivity index (χ0v) is 19.3. The van der Waals surface area contributed by atoms with Crippen LogP contribution in [0.5, 0.6) is 0 Å². The Hall–Kier alpha value is -2.45. The number of nitrogens with zero attached hydrogens (tertiary/aromatic N) is 4. The molecule has 1 saturated heterocycles. The summed E-state index contributed by atoms with van der Waals surface area (Å²) in [6, 6.07) is 12.7. The van der Waals surface area contributed by atoms with Crippen LogP contribution in [-0.4, -0.2) is 59.6 Å². The molecule has 2 aliphatic rings. The molecule has 2 aromatic heterocycles. The average molecular weight is 454 g/mol. The van der Waals surface area contributed by atoms with Crippen molar-refractivity contribution in [1.82, 2.24) is 19.3 Å². The smallest absolute Gasteiger partial charge is 0.214 e. The van der Waals surface area contributed by atoms with Crippen LogP contribution in [0.3, 0.4) is 0 Å². The molecule has 0 spiro atoms. The first-order valence-electron chi connectivity index (χ1n) is 11.5. The van der Waals surface area contributed by atoms with Gasteiger partial charge in [-0.2, -0.15) is 0 Å². The average Bonchev–Trinajstić information content (AvgIpc) is 3.50. The summed E-state index contributed by atoms with van der Waals surface area (Å²) >= 11 is 0. The molecule has 2 fully saturated rings. The van der Waals surface area contributed by atoms with Gasteiger partial charge >= 0.3 is 0 Å². The number of benzene rings is 1. The van der Waals surface area contributed by atoms with Gasteiger partial charge < -0.3 is 9.88 Å². The van der Waals surface area contributed by atoms with Gasteiger partial charge in [0.1, 0.15) is 17.8 Å². The summed E-state index contributed by atoms with van der Waals surface area (Å²) in [5, 5.41) is 1.03. The van der Waals surface area contributed by atoms with E-state index in [9.17, 15) is 8.42 Å². The lowest BCUT2D eigenvalue weighted by atomic mass is 9.86. The van der Waals surface area contributed by atoms with Crippen molar-refractivity contribution >= 4 is 26.9 Å². The number of aromatic nitrogens is 3. The Kier molecular flexibility index (Phi) is 5.90. The minimum absolute atomic E-state index is 0.234. The lowest BCUT2D eigenvalue weighted by Gasteiger charge is -2.35. The Bertz CT molecular complexity index is 1160. The Morgan fingerprint density at radius 3 is 2.62 bits per heavy atom. The Morgan fingerprint density at radius 2 is 1.84 bits per heavy atom. The quantitative estimate of drug-likeness (QED) is 0.614. The second-order valence-electron chi connectivity index (χ2n) is 9.26. The fourth-order valence-corrected chi connectivity index (χ4v) is 7.32. The number of fused-ring (bicyclic) bond motifs is 1. The van der Waals surface area contributed by atoms with Crippen molar-refractivity contribution in [3.8, 4) is 0 Å². The molecule has 32 heavy (non-hydrogen) atoms. The third kappa shape index (κ3) is 4.26. The minimum Gasteiger partial charge on any atom is -0.356 e. The SMILES string of the molecule is CN(c1ncnc2[nH]ccc12)C1CCC(CS(=O)(=O)N2CCC(c3ccccc3)C2)CC1. The van der Waals surface area contributed by atoms with E-state index >= 15 is 0 Å². The van der Waals surface area contributed by atoms with Crippen molar-refractivity contribution in [3.05, 3.63) is 54.5 Å². The third-order valence-corrected chi connectivity index (χ3v) is 9.30. The summed E-state index contributed by atoms with van der Waals surface area (Å²) in [6.07, 6.45) is 8.24. The highest BCUT2D eigenvalue weighted by molar-refractivity contribution is 7.89. The molecule has 1 aliphatic heterocycles. The molecular formula is C24H31N5O2S. The van der Waals surface area contributed by atoms with Crippen LogP contribution >= 0.6 is 0 Å². The molecule has 1 unspecified atom stereocenters. The molecule has 1 aliphatic carbocycles. The maximum Gasteiger partial charge on any atom is 0.214 e. The van der Waals surface area contributed by atoms with Gasteiger partial charge in [0, 0.05) is 32.4 Å². The zero-order valence-electron chi connectivity index (χ0n) is 18.5. The summed E-state index contributed by atoms with van der Waals surface area (Å²) < 4.78 is 28.0. The zero-order chi connectivity index (χ0) is 22.1. The number of hydrogen-bond donors (Lipinski definition) is 1. The minimum atomic E-state index is -3.22. The summed E-state index contributed by atoms with van der Waals surface area (Å²) in [6.45, 7) is 1.26. The lowest BCUT2D eigenvalue weighted by molar-refractivity contribution is 0.336. The van der Waals surface area contributed by atoms with E-state index in [4.69, 9.17) is 0 Å². The standard InChI is InChI=1S/C24H31N5O2S/c1-28(24-22-11-13-25-23(22)26-17-27-24)21-9-7-18(8-10-21)16-32(30,31)29-14-12-20(15-29)19-5-3-2-4-6-19/h2-6,11,13,17-18,20-21H,7-10,12,14-16H2,1H3,(H,25,26,27). The van der Waals surface area contributed by atoms with Crippen LogP contribution in [0.15, 0.2) is 48.9 Å². The highest BCUT2D eigenvalue weighted by atomic mass is 32.2. The first-order chi connectivity index (χ1) is 15.5. The molecule has 5 rings (SSSR count). The molecule has 0 radical (unpaired) electrons. The largest absolute Gasteiger partial charge is 0.356 e. The Morgan fingerprint density at radius 1 is 1.06 bits per heavy atom. The van der Waals surface area contributed by atoms with Crippen LogP contribution in [0.1, 0.15) is 43.6 Å². The molecule has 0 bridgehead atoms. The molecule has 7 nitrogen and oxygen atoms in total. The van der Waals surface area contributed by atoms with E-state index in [1.807, 2.05) is 30.5 Å². The number of H-pyrrole nitrogens is 1. The Labute approximate surface area is 189 Å². The molecule has 1 N–H and O–H groups in total. The number of nitrogens with one attached hydrogen (secondary N) is 1. The first-order valence-corrected chi connectivity index (χ1v) is 13.2. The van der Waals surface area contributed by atoms with Crippen LogP contribution in [0.2, 0.25) is 0 Å². The lowest BCUT2D eigenvalue weighted by Crippen LogP contribution is -2.39. The first kappa shape index (κ1) is 21.4. The number of sulfonamides is 1. The summed E-state index contributed by atoms with van der Waals surface area (Å²) in [5.74, 6) is 1.77. The molecule has 3 aromatic rings. The van der Waals surface area contributed by atoms with Gasteiger partial charge in [-0.1, -0.05) is 30.3 Å². The second kappa shape index (κ2) is 8.83. The van der Waals surface area contributed by atoms with Gasteiger partial charge in [-0.05, 0) is 55.6 Å². The van der Waals surface area contributed by atoms with Crippen molar-refractivity contribution < 1.29 is 8.42 Å². The topological polar surface area (TPSA) is 82.2 Å². The Balaban J connectivity index is 1.17. The van der Waals surface area contributed by atoms with Crippen molar-refractivity contribution in [1.29, 1.82) is 0 Å². The van der Waals surface area contributed by atoms with Gasteiger partial charge in [-0.15, -0.1) is 0 Å². The molecule has 0 amide bonds. The van der Waals surface area contributed by atoms with Gasteiger partial charge in [0.25, 0.3) is 0 Å². The van der Waals surface area contributed by atoms with Gasteiger partial charge in [0.2, 0.25) is 10.0 Å². The highest BCUT2D eigenvalue weighted by Gasteiger charge is 2.35. The van der Waals surface area contributed by atoms with Crippen LogP contribution in [0.25, 0.3) is 11.0 Å². The van der Waals surface area contributed by atoms with E-state index in [0.717, 1.165) is 49.0 Å². The van der Waals surface area contributed by atoms with E-state index in [0.29, 0.717) is 25.0 Å². The molecule has 1 saturated carbocycles. The van der Waals surface area contributed by atoms with Crippen LogP contribution in [0.4, 0.5) is 5.82 Å². The van der Waals surface area contributed by atoms with Crippen molar-refractivity contribution in [2.45, 2.75) is 44.1 Å². The van der Waals surface area contributed by atoms with E-state index in [-0.39, 0.29) is 11.7 Å². The molecule has 8 heteroatoms. The summed E-state index contributed by atoms with van der Waals surface area (Å²) in [4.78, 5) is 14.2. The van der Waals surface area contributed by atoms with Crippen molar-refractivity contribution in [2.75, 3.05) is 30.8 Å². The van der Waals surface area contributed by atoms with Gasteiger partial charge in [0.15, 0.2) is 0 Å². The van der Waals surface area contributed by atoms with E-state index in [2.05, 4.69) is 39.0 Å². The summed E-state index contributed by atoms with van der Waals surface area (Å²) in [7, 11) is -1.13. The van der Waals surface area contributed by atoms with Gasteiger partial charge in [-0.25, -0.2) is 22.7 Å². The van der Waals surface area contributed by atoms with Gasteiger partial charge in [-0.3, -0.25) is 0 Å². The van der Waals surface area contributed by atoms with Crippen LogP contribution < -0.4 is 4.90 Å². The van der Waals surface area contributed by atoms with E-state index < -0.39 is 10.0 Å². The van der Waals surface area contributed by atoms with E-state index in [1.54, 1.807) is 10.6 Å². The maximum atomic E-state index is 13.1. The second-order valence-corrected chi connectivity index (χ2v) is 11.3. The molecule has 170 valence electrons. The maximum absolute atomic E-state index is 13.1. The highest BCUT2D eigenvalue weighted by Crippen LogP contribution is 2.34. The molecule has 1 atom stereocenters. The van der Waals surface area contributed by atoms with Gasteiger partial charge in [0.05, 0.1) is 11.1 Å². The van der Waals surface area contributed by atoms with Crippen LogP contribution in [0, 0.1) is 5.92 Å². The van der Waals surface area contributed by atoms with Crippen LogP contribution in [-0.2, 0) is 10.0 Å². The number of aromatic amines is 1. The number of rotatable bonds is 6. The predicted molar refractivity (Wildman–Crippen MR) is 127 cm³/mol. The fraction of sp³-hybridized carbons (Fsp3) is 0.500. The summed E-state index contributed by atoms with van der Waals surface area (Å²) in [5.41, 5.74) is 2.09. The predicted octanol–water partition coefficient (Wildman–Crippen LogP) is 3.77. The molecule has 3 heterocycles. The third-order valence-electron chi connectivity index (χ3n) is 7.29. The molecular weight excluding hydrogens is 422 g/mol. The number of hydrogen-bond acceptors (Lipinski definition) is 5. The fourth-order valence-electron chi connectivity index (χ4n) is 5.39. The molecule has 1 aromatic carbocycles.